The molecule has 0 aromatic carbocycles. The van der Waals surface area contributed by atoms with Gasteiger partial charge in [0.15, 0.2) is 0 Å². The van der Waals surface area contributed by atoms with E-state index < -0.39 is 9.05 Å². The summed E-state index contributed by atoms with van der Waals surface area (Å²) in [5.74, 6) is 0. The van der Waals surface area contributed by atoms with E-state index in [1.807, 2.05) is 0 Å². The van der Waals surface area contributed by atoms with Crippen molar-refractivity contribution < 1.29 is 8.42 Å². The van der Waals surface area contributed by atoms with E-state index in [9.17, 15) is 8.42 Å². The summed E-state index contributed by atoms with van der Waals surface area (Å²) in [4.78, 5) is 0. The van der Waals surface area contributed by atoms with E-state index in [0.717, 1.165) is 25.7 Å². The second-order valence-electron chi connectivity index (χ2n) is 4.17. The predicted octanol–water partition coefficient (Wildman–Crippen LogP) is 2.28. The molecule has 0 heterocycles. The highest BCUT2D eigenvalue weighted by Crippen LogP contribution is 2.56. The molecule has 70 valence electrons. The predicted molar refractivity (Wildman–Crippen MR) is 48.7 cm³/mol. The van der Waals surface area contributed by atoms with Crippen LogP contribution in [0.15, 0.2) is 0 Å². The Labute approximate surface area is 77.7 Å². The normalized spacial score (nSPS) is 29.1. The van der Waals surface area contributed by atoms with Gasteiger partial charge >= 0.3 is 0 Å². The van der Waals surface area contributed by atoms with Gasteiger partial charge in [0.1, 0.15) is 0 Å². The molecule has 0 atom stereocenters. The molecular formula is C8H13ClO2S. The highest BCUT2D eigenvalue weighted by molar-refractivity contribution is 8.14. The lowest BCUT2D eigenvalue weighted by Gasteiger charge is -2.25. The van der Waals surface area contributed by atoms with Crippen molar-refractivity contribution in [3.63, 3.8) is 0 Å². The van der Waals surface area contributed by atoms with Crippen LogP contribution in [0.3, 0.4) is 0 Å². The maximum atomic E-state index is 11.0. The van der Waals surface area contributed by atoms with E-state index in [1.54, 1.807) is 0 Å². The number of hydrogen-bond acceptors (Lipinski definition) is 2. The van der Waals surface area contributed by atoms with Gasteiger partial charge in [-0.15, -0.1) is 0 Å². The summed E-state index contributed by atoms with van der Waals surface area (Å²) in [6.07, 6.45) is 6.33. The van der Waals surface area contributed by atoms with Crippen molar-refractivity contribution in [1.82, 2.24) is 0 Å². The third-order valence-electron chi connectivity index (χ3n) is 3.35. The molecule has 0 amide bonds. The van der Waals surface area contributed by atoms with Crippen molar-refractivity contribution in [1.29, 1.82) is 0 Å². The minimum Gasteiger partial charge on any atom is -0.212 e. The third kappa shape index (κ3) is 1.62. The van der Waals surface area contributed by atoms with Crippen LogP contribution in [0, 0.1) is 5.41 Å². The first-order chi connectivity index (χ1) is 5.52. The van der Waals surface area contributed by atoms with Crippen LogP contribution < -0.4 is 0 Å². The Kier molecular flexibility index (Phi) is 1.92. The number of hydrogen-bond donors (Lipinski definition) is 0. The van der Waals surface area contributed by atoms with Crippen molar-refractivity contribution in [2.75, 3.05) is 0 Å². The van der Waals surface area contributed by atoms with Crippen LogP contribution in [0.4, 0.5) is 0 Å². The molecule has 2 nitrogen and oxygen atoms in total. The minimum absolute atomic E-state index is 0.259. The van der Waals surface area contributed by atoms with E-state index in [1.165, 1.54) is 12.8 Å². The fraction of sp³-hybridized carbons (Fsp3) is 1.00. The topological polar surface area (TPSA) is 34.1 Å². The Morgan fingerprint density at radius 1 is 1.08 bits per heavy atom. The van der Waals surface area contributed by atoms with Crippen molar-refractivity contribution >= 4 is 19.7 Å². The quantitative estimate of drug-likeness (QED) is 0.620. The zero-order valence-corrected chi connectivity index (χ0v) is 8.50. The summed E-state index contributed by atoms with van der Waals surface area (Å²) in [7, 11) is 2.02. The summed E-state index contributed by atoms with van der Waals surface area (Å²) in [5.41, 5.74) is 0.554. The molecule has 2 saturated carbocycles. The molecule has 2 fully saturated rings. The van der Waals surface area contributed by atoms with Crippen LogP contribution in [0.5, 0.6) is 0 Å². The number of rotatable bonds is 1. The molecule has 0 unspecified atom stereocenters. The Balaban J connectivity index is 1.99. The highest BCUT2D eigenvalue weighted by atomic mass is 35.7. The number of halogens is 1. The van der Waals surface area contributed by atoms with E-state index in [0.29, 0.717) is 5.41 Å². The zero-order valence-electron chi connectivity index (χ0n) is 6.92. The van der Waals surface area contributed by atoms with Gasteiger partial charge in [-0.05, 0) is 43.9 Å². The summed E-state index contributed by atoms with van der Waals surface area (Å²) in [6, 6.07) is 0. The van der Waals surface area contributed by atoms with Crippen molar-refractivity contribution in [2.45, 2.75) is 43.8 Å². The lowest BCUT2D eigenvalue weighted by molar-refractivity contribution is 0.338. The van der Waals surface area contributed by atoms with Gasteiger partial charge < -0.3 is 0 Å². The second kappa shape index (κ2) is 2.61. The molecule has 1 spiro atoms. The van der Waals surface area contributed by atoms with Gasteiger partial charge in [-0.3, -0.25) is 0 Å². The third-order valence-corrected chi connectivity index (χ3v) is 5.37. The molecule has 0 saturated heterocycles. The fourth-order valence-electron chi connectivity index (χ4n) is 2.16. The maximum Gasteiger partial charge on any atom is 0.235 e. The average molecular weight is 209 g/mol. The van der Waals surface area contributed by atoms with Gasteiger partial charge in [0.2, 0.25) is 9.05 Å². The molecule has 0 N–H and O–H groups in total. The van der Waals surface area contributed by atoms with Crippen LogP contribution in [0.25, 0.3) is 0 Å². The van der Waals surface area contributed by atoms with Gasteiger partial charge in [0.25, 0.3) is 0 Å². The molecule has 0 bridgehead atoms. The molecule has 0 aromatic heterocycles. The van der Waals surface area contributed by atoms with Gasteiger partial charge in [0, 0.05) is 10.7 Å². The largest absolute Gasteiger partial charge is 0.235 e. The molecule has 0 aromatic rings. The fourth-order valence-corrected chi connectivity index (χ4v) is 3.50. The smallest absolute Gasteiger partial charge is 0.212 e. The van der Waals surface area contributed by atoms with E-state index >= 15 is 0 Å². The first-order valence-electron chi connectivity index (χ1n) is 4.45. The van der Waals surface area contributed by atoms with Crippen LogP contribution >= 0.6 is 10.7 Å². The SMILES string of the molecule is O=S(=O)(Cl)C1CCC2(CC1)CC2. The van der Waals surface area contributed by atoms with Gasteiger partial charge in [-0.2, -0.15) is 0 Å². The van der Waals surface area contributed by atoms with E-state index in [4.69, 9.17) is 10.7 Å². The molecule has 2 aliphatic carbocycles. The Bertz CT molecular complexity index is 269. The molecular weight excluding hydrogens is 196 g/mol. The Morgan fingerprint density at radius 3 is 1.92 bits per heavy atom. The summed E-state index contributed by atoms with van der Waals surface area (Å²) in [6.45, 7) is 0. The molecule has 4 heteroatoms. The van der Waals surface area contributed by atoms with Crippen LogP contribution in [-0.4, -0.2) is 13.7 Å². The molecule has 2 aliphatic rings. The molecule has 0 radical (unpaired) electrons. The van der Waals surface area contributed by atoms with Crippen molar-refractivity contribution in [2.24, 2.45) is 5.41 Å². The monoisotopic (exact) mass is 208 g/mol. The Hall–Kier alpha value is 0.240. The van der Waals surface area contributed by atoms with Gasteiger partial charge in [0.05, 0.1) is 5.25 Å². The zero-order chi connectivity index (χ0) is 8.82. The minimum atomic E-state index is -3.28. The lowest BCUT2D eigenvalue weighted by Crippen LogP contribution is -2.24. The van der Waals surface area contributed by atoms with Crippen LogP contribution in [0.1, 0.15) is 38.5 Å². The average Bonchev–Trinajstić information content (AvgIpc) is 2.68. The van der Waals surface area contributed by atoms with Gasteiger partial charge in [-0.1, -0.05) is 0 Å². The molecule has 0 aliphatic heterocycles. The van der Waals surface area contributed by atoms with Crippen molar-refractivity contribution in [3.8, 4) is 0 Å². The lowest BCUT2D eigenvalue weighted by atomic mass is 9.86. The van der Waals surface area contributed by atoms with E-state index in [-0.39, 0.29) is 5.25 Å². The first-order valence-corrected chi connectivity index (χ1v) is 6.83. The molecule has 2 rings (SSSR count). The highest BCUT2D eigenvalue weighted by Gasteiger charge is 2.46. The molecule has 12 heavy (non-hydrogen) atoms. The maximum absolute atomic E-state index is 11.0. The van der Waals surface area contributed by atoms with Crippen LogP contribution in [0.2, 0.25) is 0 Å². The van der Waals surface area contributed by atoms with E-state index in [2.05, 4.69) is 0 Å². The summed E-state index contributed by atoms with van der Waals surface area (Å²) < 4.78 is 22.0. The van der Waals surface area contributed by atoms with Crippen molar-refractivity contribution in [3.05, 3.63) is 0 Å². The summed E-state index contributed by atoms with van der Waals surface area (Å²) >= 11 is 0. The second-order valence-corrected chi connectivity index (χ2v) is 7.08. The Morgan fingerprint density at radius 2 is 1.58 bits per heavy atom. The standard InChI is InChI=1S/C8H13ClO2S/c9-12(10,11)7-1-3-8(4-2-7)5-6-8/h7H,1-6H2. The summed E-state index contributed by atoms with van der Waals surface area (Å²) in [5, 5.41) is -0.259. The van der Waals surface area contributed by atoms with Gasteiger partial charge in [-0.25, -0.2) is 8.42 Å². The first kappa shape index (κ1) is 8.82. The van der Waals surface area contributed by atoms with Crippen LogP contribution in [-0.2, 0) is 9.05 Å².